The van der Waals surface area contributed by atoms with Crippen LogP contribution in [0.2, 0.25) is 0 Å². The maximum Gasteiger partial charge on any atom is 0.335 e. The fourth-order valence-electron chi connectivity index (χ4n) is 1.77. The first-order valence-corrected chi connectivity index (χ1v) is 5.38. The predicted molar refractivity (Wildman–Crippen MR) is 80.8 cm³/mol. The Kier molecular flexibility index (Phi) is 5.07. The number of halogens is 2. The van der Waals surface area contributed by atoms with Crippen molar-refractivity contribution in [2.75, 3.05) is 0 Å². The van der Waals surface area contributed by atoms with Gasteiger partial charge >= 0.3 is 5.97 Å². The molecule has 3 aromatic rings. The minimum atomic E-state index is -0.953. The van der Waals surface area contributed by atoms with Crippen LogP contribution in [0.3, 0.4) is 0 Å². The predicted octanol–water partition coefficient (Wildman–Crippen LogP) is 3.17. The van der Waals surface area contributed by atoms with E-state index >= 15 is 0 Å². The van der Waals surface area contributed by atoms with Crippen LogP contribution in [0.15, 0.2) is 42.6 Å². The van der Waals surface area contributed by atoms with Gasteiger partial charge in [0.25, 0.3) is 0 Å². The molecule has 2 aromatic heterocycles. The maximum absolute atomic E-state index is 10.9. The Morgan fingerprint density at radius 1 is 1.15 bits per heavy atom. The van der Waals surface area contributed by atoms with Crippen molar-refractivity contribution in [3.63, 3.8) is 0 Å². The lowest BCUT2D eigenvalue weighted by molar-refractivity contribution is 0.0697. The monoisotopic (exact) mass is 311 g/mol. The molecule has 0 aliphatic carbocycles. The number of aromatic amines is 1. The van der Waals surface area contributed by atoms with Gasteiger partial charge in [0, 0.05) is 6.20 Å². The van der Waals surface area contributed by atoms with E-state index in [1.165, 1.54) is 6.07 Å². The summed E-state index contributed by atoms with van der Waals surface area (Å²) in [5, 5.41) is 8.92. The van der Waals surface area contributed by atoms with E-state index < -0.39 is 5.97 Å². The zero-order chi connectivity index (χ0) is 12.5. The molecule has 1 aromatic carbocycles. The number of nitrogens with one attached hydrogen (secondary N) is 1. The van der Waals surface area contributed by atoms with Gasteiger partial charge in [-0.1, -0.05) is 6.07 Å². The normalized spacial score (nSPS) is 9.60. The number of hydrogen-bond donors (Lipinski definition) is 2. The van der Waals surface area contributed by atoms with Crippen LogP contribution in [-0.4, -0.2) is 26.0 Å². The number of carboxylic acids is 1. The standard InChI is InChI=1S/C13H9N3O2.2ClH/c17-13(18)8-4-5-9-11(7-8)16-12(15-9)10-3-1-2-6-14-10;;/h1-7H,(H,15,16)(H,17,18);2*1H. The lowest BCUT2D eigenvalue weighted by atomic mass is 10.2. The molecule has 0 unspecified atom stereocenters. The van der Waals surface area contributed by atoms with Gasteiger partial charge in [0.1, 0.15) is 5.69 Å². The number of fused-ring (bicyclic) bond motifs is 1. The van der Waals surface area contributed by atoms with Crippen LogP contribution in [0.25, 0.3) is 22.6 Å². The van der Waals surface area contributed by atoms with Crippen molar-refractivity contribution in [1.82, 2.24) is 15.0 Å². The summed E-state index contributed by atoms with van der Waals surface area (Å²) in [4.78, 5) is 22.5. The van der Waals surface area contributed by atoms with Gasteiger partial charge in [0.2, 0.25) is 0 Å². The van der Waals surface area contributed by atoms with E-state index in [9.17, 15) is 4.79 Å². The smallest absolute Gasteiger partial charge is 0.335 e. The highest BCUT2D eigenvalue weighted by molar-refractivity contribution is 5.92. The van der Waals surface area contributed by atoms with Gasteiger partial charge in [-0.2, -0.15) is 0 Å². The molecular formula is C13H11Cl2N3O2. The largest absolute Gasteiger partial charge is 0.478 e. The maximum atomic E-state index is 10.9. The Morgan fingerprint density at radius 2 is 1.95 bits per heavy atom. The zero-order valence-electron chi connectivity index (χ0n) is 10.1. The number of imidazole rings is 1. The molecule has 7 heteroatoms. The first kappa shape index (κ1) is 15.9. The summed E-state index contributed by atoms with van der Waals surface area (Å²) < 4.78 is 0. The molecule has 5 nitrogen and oxygen atoms in total. The number of H-pyrrole nitrogens is 1. The average Bonchev–Trinajstić information content (AvgIpc) is 2.82. The number of benzene rings is 1. The summed E-state index contributed by atoms with van der Waals surface area (Å²) in [6.07, 6.45) is 1.69. The SMILES string of the molecule is Cl.Cl.O=C(O)c1ccc2nc(-c3ccccn3)[nH]c2c1. The second kappa shape index (κ2) is 6.36. The van der Waals surface area contributed by atoms with Crippen LogP contribution >= 0.6 is 24.8 Å². The van der Waals surface area contributed by atoms with E-state index in [2.05, 4.69) is 15.0 Å². The van der Waals surface area contributed by atoms with Gasteiger partial charge in [-0.25, -0.2) is 9.78 Å². The third kappa shape index (κ3) is 2.89. The molecule has 0 aliphatic heterocycles. The highest BCUT2D eigenvalue weighted by atomic mass is 35.5. The fourth-order valence-corrected chi connectivity index (χ4v) is 1.77. The third-order valence-electron chi connectivity index (χ3n) is 2.64. The topological polar surface area (TPSA) is 78.9 Å². The molecule has 3 rings (SSSR count). The summed E-state index contributed by atoms with van der Waals surface area (Å²) in [7, 11) is 0. The van der Waals surface area contributed by atoms with Crippen molar-refractivity contribution in [1.29, 1.82) is 0 Å². The number of rotatable bonds is 2. The lowest BCUT2D eigenvalue weighted by Gasteiger charge is -1.93. The van der Waals surface area contributed by atoms with Gasteiger partial charge < -0.3 is 10.1 Å². The van der Waals surface area contributed by atoms with E-state index in [1.54, 1.807) is 18.3 Å². The molecule has 0 radical (unpaired) electrons. The van der Waals surface area contributed by atoms with Crippen molar-refractivity contribution in [3.8, 4) is 11.5 Å². The van der Waals surface area contributed by atoms with Crippen LogP contribution in [0.1, 0.15) is 10.4 Å². The number of aromatic nitrogens is 3. The van der Waals surface area contributed by atoms with Gasteiger partial charge in [-0.3, -0.25) is 4.98 Å². The van der Waals surface area contributed by atoms with Crippen molar-refractivity contribution >= 4 is 41.8 Å². The Balaban J connectivity index is 0.000001000. The molecule has 0 amide bonds. The zero-order valence-corrected chi connectivity index (χ0v) is 11.7. The molecular weight excluding hydrogens is 301 g/mol. The van der Waals surface area contributed by atoms with Crippen LogP contribution in [0.5, 0.6) is 0 Å². The summed E-state index contributed by atoms with van der Waals surface area (Å²) >= 11 is 0. The van der Waals surface area contributed by atoms with Crippen molar-refractivity contribution in [2.45, 2.75) is 0 Å². The van der Waals surface area contributed by atoms with Crippen molar-refractivity contribution in [3.05, 3.63) is 48.2 Å². The minimum absolute atomic E-state index is 0. The molecule has 2 heterocycles. The van der Waals surface area contributed by atoms with E-state index in [-0.39, 0.29) is 30.4 Å². The molecule has 0 aliphatic rings. The second-order valence-corrected chi connectivity index (χ2v) is 3.84. The number of hydrogen-bond acceptors (Lipinski definition) is 3. The highest BCUT2D eigenvalue weighted by Crippen LogP contribution is 2.19. The number of carboxylic acid groups (broad SMARTS) is 1. The number of nitrogens with zero attached hydrogens (tertiary/aromatic N) is 2. The number of pyridine rings is 1. The van der Waals surface area contributed by atoms with Crippen molar-refractivity contribution in [2.24, 2.45) is 0 Å². The lowest BCUT2D eigenvalue weighted by Crippen LogP contribution is -1.94. The minimum Gasteiger partial charge on any atom is -0.478 e. The quantitative estimate of drug-likeness (QED) is 0.762. The Bertz CT molecular complexity index is 729. The Labute approximate surface area is 126 Å². The van der Waals surface area contributed by atoms with Gasteiger partial charge in [-0.05, 0) is 30.3 Å². The molecule has 0 fully saturated rings. The molecule has 0 saturated heterocycles. The van der Waals surface area contributed by atoms with Crippen LogP contribution in [0.4, 0.5) is 0 Å². The molecule has 0 saturated carbocycles. The van der Waals surface area contributed by atoms with E-state index in [1.807, 2.05) is 18.2 Å². The van der Waals surface area contributed by atoms with Crippen LogP contribution < -0.4 is 0 Å². The first-order valence-electron chi connectivity index (χ1n) is 5.38. The van der Waals surface area contributed by atoms with Gasteiger partial charge in [-0.15, -0.1) is 24.8 Å². The first-order chi connectivity index (χ1) is 8.74. The number of aromatic carboxylic acids is 1. The third-order valence-corrected chi connectivity index (χ3v) is 2.64. The Morgan fingerprint density at radius 3 is 2.60 bits per heavy atom. The molecule has 0 atom stereocenters. The second-order valence-electron chi connectivity index (χ2n) is 3.84. The summed E-state index contributed by atoms with van der Waals surface area (Å²) in [6, 6.07) is 10.3. The van der Waals surface area contributed by atoms with Gasteiger partial charge in [0.05, 0.1) is 16.6 Å². The van der Waals surface area contributed by atoms with Crippen molar-refractivity contribution < 1.29 is 9.90 Å². The number of carbonyl (C=O) groups is 1. The van der Waals surface area contributed by atoms with E-state index in [0.29, 0.717) is 11.3 Å². The molecule has 20 heavy (non-hydrogen) atoms. The summed E-state index contributed by atoms with van der Waals surface area (Å²) in [5.41, 5.74) is 2.38. The van der Waals surface area contributed by atoms with Crippen LogP contribution in [-0.2, 0) is 0 Å². The fraction of sp³-hybridized carbons (Fsp3) is 0. The van der Waals surface area contributed by atoms with E-state index in [4.69, 9.17) is 5.11 Å². The van der Waals surface area contributed by atoms with Gasteiger partial charge in [0.15, 0.2) is 5.82 Å². The highest BCUT2D eigenvalue weighted by Gasteiger charge is 2.08. The summed E-state index contributed by atoms with van der Waals surface area (Å²) in [5.74, 6) is -0.320. The molecule has 0 spiro atoms. The average molecular weight is 312 g/mol. The Hall–Kier alpha value is -2.11. The van der Waals surface area contributed by atoms with Crippen LogP contribution in [0, 0.1) is 0 Å². The summed E-state index contributed by atoms with van der Waals surface area (Å²) in [6.45, 7) is 0. The molecule has 0 bridgehead atoms. The molecule has 104 valence electrons. The van der Waals surface area contributed by atoms with E-state index in [0.717, 1.165) is 11.2 Å². The molecule has 2 N–H and O–H groups in total.